The first kappa shape index (κ1) is 23.7. The van der Waals surface area contributed by atoms with E-state index in [0.717, 1.165) is 79.1 Å². The Labute approximate surface area is 207 Å². The van der Waals surface area contributed by atoms with Gasteiger partial charge in [0.2, 0.25) is 5.91 Å². The van der Waals surface area contributed by atoms with Crippen LogP contribution in [0.25, 0.3) is 0 Å². The van der Waals surface area contributed by atoms with E-state index in [9.17, 15) is 9.59 Å². The SMILES string of the molecule is COc1cc(NC(=O)C2CCC(N3Cc4c(C)cc(NCC5CNC5)cc4C3=O)CC2)ccc1C. The van der Waals surface area contributed by atoms with E-state index in [-0.39, 0.29) is 23.8 Å². The van der Waals surface area contributed by atoms with Crippen molar-refractivity contribution in [1.82, 2.24) is 10.2 Å². The summed E-state index contributed by atoms with van der Waals surface area (Å²) in [5.41, 5.74) is 6.01. The maximum atomic E-state index is 13.3. The minimum atomic E-state index is -0.0304. The number of nitrogens with one attached hydrogen (secondary N) is 3. The number of hydrogen-bond donors (Lipinski definition) is 3. The molecule has 3 aliphatic rings. The number of fused-ring (bicyclic) bond motifs is 1. The highest BCUT2D eigenvalue weighted by Gasteiger charge is 2.37. The van der Waals surface area contributed by atoms with E-state index in [0.29, 0.717) is 12.5 Å². The molecule has 1 saturated carbocycles. The minimum Gasteiger partial charge on any atom is -0.496 e. The molecule has 0 unspecified atom stereocenters. The number of amides is 2. The summed E-state index contributed by atoms with van der Waals surface area (Å²) in [6.07, 6.45) is 3.30. The average Bonchev–Trinajstić information content (AvgIpc) is 3.16. The monoisotopic (exact) mass is 476 g/mol. The van der Waals surface area contributed by atoms with Gasteiger partial charge in [-0.05, 0) is 74.4 Å². The zero-order valence-corrected chi connectivity index (χ0v) is 20.9. The predicted molar refractivity (Wildman–Crippen MR) is 138 cm³/mol. The topological polar surface area (TPSA) is 82.7 Å². The lowest BCUT2D eigenvalue weighted by atomic mass is 9.84. The van der Waals surface area contributed by atoms with Crippen molar-refractivity contribution < 1.29 is 14.3 Å². The molecule has 35 heavy (non-hydrogen) atoms. The van der Waals surface area contributed by atoms with Crippen molar-refractivity contribution in [3.05, 3.63) is 52.6 Å². The molecule has 0 radical (unpaired) electrons. The fraction of sp³-hybridized carbons (Fsp3) is 0.500. The summed E-state index contributed by atoms with van der Waals surface area (Å²) >= 11 is 0. The van der Waals surface area contributed by atoms with Crippen molar-refractivity contribution in [3.8, 4) is 5.75 Å². The molecule has 7 heteroatoms. The second kappa shape index (κ2) is 9.90. The Morgan fingerprint density at radius 1 is 1.06 bits per heavy atom. The number of rotatable bonds is 7. The van der Waals surface area contributed by atoms with Gasteiger partial charge in [-0.3, -0.25) is 9.59 Å². The van der Waals surface area contributed by atoms with Gasteiger partial charge < -0.3 is 25.6 Å². The number of nitrogens with zero attached hydrogens (tertiary/aromatic N) is 1. The standard InChI is InChI=1S/C28H36N4O3/c1-17-4-7-21(12-26(17)35-3)31-27(33)20-5-8-23(9-6-20)32-16-25-18(2)10-22(11-24(25)28(32)34)30-15-19-13-29-14-19/h4,7,10-12,19-20,23,29-30H,5-6,8-9,13-16H2,1-3H3,(H,31,33). The van der Waals surface area contributed by atoms with Crippen molar-refractivity contribution in [2.75, 3.05) is 37.4 Å². The van der Waals surface area contributed by atoms with Crippen LogP contribution in [-0.2, 0) is 11.3 Å². The van der Waals surface area contributed by atoms with Crippen LogP contribution < -0.4 is 20.7 Å². The normalized spacial score (nSPS) is 21.9. The van der Waals surface area contributed by atoms with Crippen LogP contribution >= 0.6 is 0 Å². The third-order valence-electron chi connectivity index (χ3n) is 7.94. The van der Waals surface area contributed by atoms with E-state index >= 15 is 0 Å². The van der Waals surface area contributed by atoms with E-state index < -0.39 is 0 Å². The average molecular weight is 477 g/mol. The zero-order chi connectivity index (χ0) is 24.5. The van der Waals surface area contributed by atoms with Gasteiger partial charge in [0.25, 0.3) is 5.91 Å². The first-order valence-electron chi connectivity index (χ1n) is 12.8. The number of ether oxygens (including phenoxy) is 1. The van der Waals surface area contributed by atoms with Gasteiger partial charge in [-0.25, -0.2) is 0 Å². The lowest BCUT2D eigenvalue weighted by Crippen LogP contribution is -2.45. The second-order valence-electron chi connectivity index (χ2n) is 10.3. The van der Waals surface area contributed by atoms with E-state index in [4.69, 9.17) is 4.74 Å². The Morgan fingerprint density at radius 3 is 2.51 bits per heavy atom. The summed E-state index contributed by atoms with van der Waals surface area (Å²) in [7, 11) is 1.64. The number of aryl methyl sites for hydroxylation is 2. The summed E-state index contributed by atoms with van der Waals surface area (Å²) in [6, 6.07) is 10.1. The van der Waals surface area contributed by atoms with E-state index in [1.165, 1.54) is 5.56 Å². The van der Waals surface area contributed by atoms with Crippen LogP contribution in [-0.4, -0.2) is 49.5 Å². The van der Waals surface area contributed by atoms with Gasteiger partial charge in [0.1, 0.15) is 5.75 Å². The van der Waals surface area contributed by atoms with Gasteiger partial charge in [-0.2, -0.15) is 0 Å². The highest BCUT2D eigenvalue weighted by molar-refractivity contribution is 6.00. The molecule has 1 aliphatic carbocycles. The molecule has 1 saturated heterocycles. The van der Waals surface area contributed by atoms with Gasteiger partial charge in [-0.15, -0.1) is 0 Å². The second-order valence-corrected chi connectivity index (χ2v) is 10.3. The highest BCUT2D eigenvalue weighted by Crippen LogP contribution is 2.36. The lowest BCUT2D eigenvalue weighted by molar-refractivity contribution is -0.121. The lowest BCUT2D eigenvalue weighted by Gasteiger charge is -2.34. The van der Waals surface area contributed by atoms with Crippen molar-refractivity contribution in [2.45, 2.75) is 52.1 Å². The van der Waals surface area contributed by atoms with Gasteiger partial charge in [0.05, 0.1) is 7.11 Å². The maximum absolute atomic E-state index is 13.3. The maximum Gasteiger partial charge on any atom is 0.254 e. The highest BCUT2D eigenvalue weighted by atomic mass is 16.5. The minimum absolute atomic E-state index is 0.0304. The summed E-state index contributed by atoms with van der Waals surface area (Å²) in [6.45, 7) is 7.82. The molecule has 0 atom stereocenters. The molecule has 2 amide bonds. The van der Waals surface area contributed by atoms with E-state index in [1.807, 2.05) is 36.1 Å². The summed E-state index contributed by atoms with van der Waals surface area (Å²) in [5, 5.41) is 9.87. The molecule has 0 spiro atoms. The Balaban J connectivity index is 1.18. The Bertz CT molecular complexity index is 1120. The van der Waals surface area contributed by atoms with Crippen molar-refractivity contribution in [3.63, 3.8) is 0 Å². The number of hydrogen-bond acceptors (Lipinski definition) is 5. The fourth-order valence-corrected chi connectivity index (χ4v) is 5.56. The molecule has 7 nitrogen and oxygen atoms in total. The zero-order valence-electron chi connectivity index (χ0n) is 20.9. The molecule has 3 N–H and O–H groups in total. The third kappa shape index (κ3) is 4.87. The first-order chi connectivity index (χ1) is 16.9. The number of methoxy groups -OCH3 is 1. The molecular weight excluding hydrogens is 440 g/mol. The number of benzene rings is 2. The van der Waals surface area contributed by atoms with Crippen molar-refractivity contribution >= 4 is 23.2 Å². The van der Waals surface area contributed by atoms with Gasteiger partial charge in [0, 0.05) is 67.1 Å². The molecule has 2 heterocycles. The van der Waals surface area contributed by atoms with Crippen LogP contribution in [0, 0.1) is 25.7 Å². The van der Waals surface area contributed by atoms with E-state index in [1.54, 1.807) is 7.11 Å². The Morgan fingerprint density at radius 2 is 1.83 bits per heavy atom. The molecule has 186 valence electrons. The molecular formula is C28H36N4O3. The van der Waals surface area contributed by atoms with E-state index in [2.05, 4.69) is 28.9 Å². The Kier molecular flexibility index (Phi) is 6.69. The largest absolute Gasteiger partial charge is 0.496 e. The van der Waals surface area contributed by atoms with Crippen LogP contribution in [0.15, 0.2) is 30.3 Å². The number of carbonyl (C=O) groups excluding carboxylic acids is 2. The summed E-state index contributed by atoms with van der Waals surface area (Å²) in [5.74, 6) is 1.59. The molecule has 2 aromatic carbocycles. The quantitative estimate of drug-likeness (QED) is 0.561. The third-order valence-corrected chi connectivity index (χ3v) is 7.94. The van der Waals surface area contributed by atoms with Crippen LogP contribution in [0.3, 0.4) is 0 Å². The predicted octanol–water partition coefficient (Wildman–Crippen LogP) is 4.10. The van der Waals surface area contributed by atoms with Crippen LogP contribution in [0.1, 0.15) is 52.7 Å². The molecule has 0 aromatic heterocycles. The number of anilines is 2. The molecule has 2 aliphatic heterocycles. The summed E-state index contributed by atoms with van der Waals surface area (Å²) < 4.78 is 5.37. The molecule has 2 aromatic rings. The van der Waals surface area contributed by atoms with Crippen LogP contribution in [0.5, 0.6) is 5.75 Å². The van der Waals surface area contributed by atoms with Crippen LogP contribution in [0.4, 0.5) is 11.4 Å². The van der Waals surface area contributed by atoms with Gasteiger partial charge >= 0.3 is 0 Å². The molecule has 0 bridgehead atoms. The number of carbonyl (C=O) groups is 2. The van der Waals surface area contributed by atoms with Crippen molar-refractivity contribution in [2.24, 2.45) is 11.8 Å². The molecule has 5 rings (SSSR count). The van der Waals surface area contributed by atoms with Gasteiger partial charge in [0.15, 0.2) is 0 Å². The van der Waals surface area contributed by atoms with Gasteiger partial charge in [-0.1, -0.05) is 6.07 Å². The first-order valence-corrected chi connectivity index (χ1v) is 12.8. The smallest absolute Gasteiger partial charge is 0.254 e. The van der Waals surface area contributed by atoms with Crippen LogP contribution in [0.2, 0.25) is 0 Å². The Hall–Kier alpha value is -3.06. The van der Waals surface area contributed by atoms with Crippen molar-refractivity contribution in [1.29, 1.82) is 0 Å². The molecule has 2 fully saturated rings. The fourth-order valence-electron chi connectivity index (χ4n) is 5.56. The summed E-state index contributed by atoms with van der Waals surface area (Å²) in [4.78, 5) is 28.3.